The van der Waals surface area contributed by atoms with E-state index in [1.54, 1.807) is 25.1 Å². The average Bonchev–Trinajstić information content (AvgIpc) is 3.15. The number of nitrogens with zero attached hydrogens (tertiary/aromatic N) is 3. The van der Waals surface area contributed by atoms with E-state index in [4.69, 9.17) is 4.74 Å². The van der Waals surface area contributed by atoms with E-state index in [9.17, 15) is 15.2 Å². The minimum Gasteiger partial charge on any atom is -0.507 e. The first kappa shape index (κ1) is 18.2. The molecule has 0 saturated carbocycles. The summed E-state index contributed by atoms with van der Waals surface area (Å²) in [6.45, 7) is 1.34. The van der Waals surface area contributed by atoms with E-state index in [1.807, 2.05) is 42.5 Å². The summed E-state index contributed by atoms with van der Waals surface area (Å²) in [6, 6.07) is 18.1. The number of ether oxygens (including phenoxy) is 1. The van der Waals surface area contributed by atoms with Crippen LogP contribution < -0.4 is 0 Å². The number of imidazole rings is 1. The van der Waals surface area contributed by atoms with E-state index in [1.165, 1.54) is 0 Å². The van der Waals surface area contributed by atoms with Gasteiger partial charge in [-0.25, -0.2) is 9.78 Å². The molecule has 29 heavy (non-hydrogen) atoms. The van der Waals surface area contributed by atoms with E-state index in [0.29, 0.717) is 27.7 Å². The summed E-state index contributed by atoms with van der Waals surface area (Å²) in [5.74, 6) is -0.775. The lowest BCUT2D eigenvalue weighted by atomic mass is 10.1. The monoisotopic (exact) mass is 384 g/mol. The van der Waals surface area contributed by atoms with Crippen molar-refractivity contribution in [2.45, 2.75) is 6.92 Å². The zero-order valence-electron chi connectivity index (χ0n) is 15.5. The van der Waals surface area contributed by atoms with Crippen molar-refractivity contribution in [2.24, 2.45) is 0 Å². The molecular weight excluding hydrogens is 368 g/mol. The molecule has 2 aromatic heterocycles. The van der Waals surface area contributed by atoms with E-state index >= 15 is 0 Å². The Kier molecular flexibility index (Phi) is 4.67. The number of H-pyrrole nitrogens is 1. The molecule has 142 valence electrons. The number of rotatable bonds is 4. The Hall–Kier alpha value is -4.18. The first-order valence-corrected chi connectivity index (χ1v) is 8.87. The zero-order valence-corrected chi connectivity index (χ0v) is 15.5. The van der Waals surface area contributed by atoms with E-state index < -0.39 is 12.6 Å². The van der Waals surface area contributed by atoms with Crippen molar-refractivity contribution in [1.82, 2.24) is 15.0 Å². The molecule has 0 unspecified atom stereocenters. The molecule has 4 aromatic rings. The molecule has 0 atom stereocenters. The number of nitriles is 1. The second-order valence-corrected chi connectivity index (χ2v) is 6.44. The fraction of sp³-hybridized carbons (Fsp3) is 0.0909. The van der Waals surface area contributed by atoms with Crippen molar-refractivity contribution in [3.8, 4) is 6.07 Å². The van der Waals surface area contributed by atoms with Crippen molar-refractivity contribution in [3.63, 3.8) is 0 Å². The molecule has 0 saturated heterocycles. The van der Waals surface area contributed by atoms with E-state index in [2.05, 4.69) is 15.0 Å². The van der Waals surface area contributed by atoms with Crippen LogP contribution in [0.1, 0.15) is 21.9 Å². The summed E-state index contributed by atoms with van der Waals surface area (Å²) in [5.41, 5.74) is 3.03. The summed E-state index contributed by atoms with van der Waals surface area (Å²) < 4.78 is 5.26. The summed E-state index contributed by atoms with van der Waals surface area (Å²) in [6.07, 6.45) is 0. The van der Waals surface area contributed by atoms with Gasteiger partial charge in [-0.15, -0.1) is 0 Å². The summed E-state index contributed by atoms with van der Waals surface area (Å²) in [5, 5.41) is 20.5. The molecule has 4 rings (SSSR count). The Morgan fingerprint density at radius 2 is 1.86 bits per heavy atom. The molecule has 0 fully saturated rings. The number of nitrogens with one attached hydrogen (secondary N) is 1. The Bertz CT molecular complexity index is 1280. The van der Waals surface area contributed by atoms with E-state index in [-0.39, 0.29) is 17.2 Å². The number of benzene rings is 2. The molecule has 7 heteroatoms. The van der Waals surface area contributed by atoms with Crippen LogP contribution in [0.2, 0.25) is 0 Å². The number of aromatic nitrogens is 3. The molecular formula is C22H16N4O3. The third kappa shape index (κ3) is 3.51. The largest absolute Gasteiger partial charge is 0.507 e. The molecule has 0 aliphatic rings. The number of pyridine rings is 1. The SMILES string of the molecule is Cc1cc(C(=O)OC/C(O)=C(\C#N)c2nc3ccccc3[nH]2)c2ccccc2n1. The number of aryl methyl sites for hydroxylation is 1. The van der Waals surface area contributed by atoms with Crippen molar-refractivity contribution in [2.75, 3.05) is 6.61 Å². The Morgan fingerprint density at radius 3 is 2.62 bits per heavy atom. The lowest BCUT2D eigenvalue weighted by Gasteiger charge is -2.09. The maximum absolute atomic E-state index is 12.6. The first-order valence-electron chi connectivity index (χ1n) is 8.87. The van der Waals surface area contributed by atoms with Crippen LogP contribution in [0.25, 0.3) is 27.5 Å². The van der Waals surface area contributed by atoms with Gasteiger partial charge < -0.3 is 14.8 Å². The van der Waals surface area contributed by atoms with Crippen molar-refractivity contribution >= 4 is 33.5 Å². The van der Waals surface area contributed by atoms with Gasteiger partial charge in [-0.3, -0.25) is 4.98 Å². The van der Waals surface area contributed by atoms with Crippen LogP contribution in [0.15, 0.2) is 60.4 Å². The van der Waals surface area contributed by atoms with Crippen LogP contribution in [0.5, 0.6) is 0 Å². The minimum atomic E-state index is -0.611. The third-order valence-electron chi connectivity index (χ3n) is 4.43. The highest BCUT2D eigenvalue weighted by atomic mass is 16.5. The summed E-state index contributed by atoms with van der Waals surface area (Å²) in [4.78, 5) is 24.3. The number of hydrogen-bond donors (Lipinski definition) is 2. The molecule has 0 spiro atoms. The fourth-order valence-electron chi connectivity index (χ4n) is 3.09. The number of esters is 1. The molecule has 2 heterocycles. The Labute approximate surface area is 165 Å². The fourth-order valence-corrected chi connectivity index (χ4v) is 3.09. The molecule has 0 amide bonds. The van der Waals surface area contributed by atoms with Gasteiger partial charge in [-0.2, -0.15) is 5.26 Å². The predicted molar refractivity (Wildman–Crippen MR) is 108 cm³/mol. The number of aliphatic hydroxyl groups is 1. The minimum absolute atomic E-state index is 0.0789. The molecule has 2 N–H and O–H groups in total. The number of para-hydroxylation sites is 3. The molecule has 7 nitrogen and oxygen atoms in total. The highest BCUT2D eigenvalue weighted by Gasteiger charge is 2.17. The van der Waals surface area contributed by atoms with Crippen LogP contribution in [0.4, 0.5) is 0 Å². The van der Waals surface area contributed by atoms with Crippen LogP contribution in [-0.2, 0) is 4.74 Å². The topological polar surface area (TPSA) is 112 Å². The summed E-state index contributed by atoms with van der Waals surface area (Å²) in [7, 11) is 0. The maximum Gasteiger partial charge on any atom is 0.339 e. The second kappa shape index (κ2) is 7.44. The normalized spacial score (nSPS) is 11.9. The lowest BCUT2D eigenvalue weighted by Crippen LogP contribution is -2.10. The Morgan fingerprint density at radius 1 is 1.14 bits per heavy atom. The van der Waals surface area contributed by atoms with Crippen molar-refractivity contribution in [3.05, 3.63) is 77.4 Å². The van der Waals surface area contributed by atoms with Gasteiger partial charge in [0.25, 0.3) is 0 Å². The number of aliphatic hydroxyl groups excluding tert-OH is 1. The zero-order chi connectivity index (χ0) is 20.4. The van der Waals surface area contributed by atoms with Gasteiger partial charge in [-0.05, 0) is 31.2 Å². The van der Waals surface area contributed by atoms with Crippen LogP contribution in [-0.4, -0.2) is 32.6 Å². The lowest BCUT2D eigenvalue weighted by molar-refractivity contribution is 0.0505. The average molecular weight is 384 g/mol. The number of carbonyl (C=O) groups is 1. The second-order valence-electron chi connectivity index (χ2n) is 6.44. The summed E-state index contributed by atoms with van der Waals surface area (Å²) >= 11 is 0. The maximum atomic E-state index is 12.6. The molecule has 0 aliphatic carbocycles. The quantitative estimate of drug-likeness (QED) is 0.312. The highest BCUT2D eigenvalue weighted by Crippen LogP contribution is 2.21. The van der Waals surface area contributed by atoms with Crippen LogP contribution >= 0.6 is 0 Å². The van der Waals surface area contributed by atoms with Gasteiger partial charge in [0.05, 0.1) is 22.1 Å². The number of aromatic amines is 1. The standard InChI is InChI=1S/C22H16N4O3/c1-13-10-15(14-6-2-3-7-17(14)24-13)22(28)29-12-20(27)16(11-23)21-25-18-8-4-5-9-19(18)26-21/h2-10,27H,12H2,1H3,(H,25,26)/b20-16-. The van der Waals surface area contributed by atoms with Gasteiger partial charge in [0.15, 0.2) is 11.6 Å². The van der Waals surface area contributed by atoms with Crippen LogP contribution in [0.3, 0.4) is 0 Å². The van der Waals surface area contributed by atoms with Crippen molar-refractivity contribution < 1.29 is 14.6 Å². The molecule has 2 aromatic carbocycles. The van der Waals surface area contributed by atoms with Crippen molar-refractivity contribution in [1.29, 1.82) is 5.26 Å². The number of fused-ring (bicyclic) bond motifs is 2. The predicted octanol–water partition coefficient (Wildman–Crippen LogP) is 4.07. The number of hydrogen-bond acceptors (Lipinski definition) is 6. The number of carbonyl (C=O) groups excluding carboxylic acids is 1. The third-order valence-corrected chi connectivity index (χ3v) is 4.43. The van der Waals surface area contributed by atoms with Gasteiger partial charge in [-0.1, -0.05) is 30.3 Å². The Balaban J connectivity index is 1.60. The highest BCUT2D eigenvalue weighted by molar-refractivity contribution is 6.03. The number of allylic oxidation sites excluding steroid dienone is 1. The van der Waals surface area contributed by atoms with Gasteiger partial charge in [0.2, 0.25) is 0 Å². The van der Waals surface area contributed by atoms with E-state index in [0.717, 1.165) is 5.52 Å². The van der Waals surface area contributed by atoms with Gasteiger partial charge in [0.1, 0.15) is 18.2 Å². The molecule has 0 radical (unpaired) electrons. The van der Waals surface area contributed by atoms with Crippen LogP contribution in [0, 0.1) is 18.3 Å². The first-order chi connectivity index (χ1) is 14.1. The van der Waals surface area contributed by atoms with Gasteiger partial charge >= 0.3 is 5.97 Å². The molecule has 0 bridgehead atoms. The smallest absolute Gasteiger partial charge is 0.339 e. The molecule has 0 aliphatic heterocycles. The van der Waals surface area contributed by atoms with Gasteiger partial charge in [0, 0.05) is 11.1 Å².